The molecule has 0 fully saturated rings. The quantitative estimate of drug-likeness (QED) is 0.580. The van der Waals surface area contributed by atoms with Gasteiger partial charge >= 0.3 is 6.03 Å². The van der Waals surface area contributed by atoms with Crippen molar-refractivity contribution in [2.45, 2.75) is 26.1 Å². The Balaban J connectivity index is 1.41. The third-order valence-electron chi connectivity index (χ3n) is 4.27. The summed E-state index contributed by atoms with van der Waals surface area (Å²) in [5, 5.41) is 16.2. The minimum Gasteiger partial charge on any atom is -0.392 e. The fourth-order valence-electron chi connectivity index (χ4n) is 2.91. The maximum absolute atomic E-state index is 11.9. The second-order valence-corrected chi connectivity index (χ2v) is 5.96. The second-order valence-electron chi connectivity index (χ2n) is 5.96. The molecule has 0 unspecified atom stereocenters. The lowest BCUT2D eigenvalue weighted by Gasteiger charge is -2.10. The lowest BCUT2D eigenvalue weighted by Crippen LogP contribution is -2.36. The molecule has 3 N–H and O–H groups in total. The number of carbonyl (C=O) groups excluding carboxylic acids is 1. The number of nitrogens with one attached hydrogen (secondary N) is 2. The molecule has 3 rings (SSSR count). The minimum atomic E-state index is -0.190. The van der Waals surface area contributed by atoms with E-state index in [2.05, 4.69) is 39.6 Å². The maximum atomic E-state index is 11.9. The standard InChI is InChI=1S/C20H23N3O2/c24-15-18-8-2-1-7-17(18)14-22-20(25)21-11-5-12-23-13-10-16-6-3-4-9-19(16)23/h1-4,6-10,13,24H,5,11-12,14-15H2,(H2,21,22,25). The number of carbonyl (C=O) groups is 1. The number of amides is 2. The smallest absolute Gasteiger partial charge is 0.315 e. The molecule has 0 radical (unpaired) electrons. The zero-order chi connectivity index (χ0) is 17.5. The van der Waals surface area contributed by atoms with E-state index in [1.54, 1.807) is 0 Å². The summed E-state index contributed by atoms with van der Waals surface area (Å²) in [5.41, 5.74) is 2.98. The molecule has 0 aliphatic rings. The van der Waals surface area contributed by atoms with E-state index < -0.39 is 0 Å². The molecule has 3 aromatic rings. The Kier molecular flexibility index (Phi) is 5.69. The number of rotatable bonds is 7. The van der Waals surface area contributed by atoms with Gasteiger partial charge in [0.25, 0.3) is 0 Å². The van der Waals surface area contributed by atoms with Crippen LogP contribution in [0.2, 0.25) is 0 Å². The van der Waals surface area contributed by atoms with Gasteiger partial charge in [0.15, 0.2) is 0 Å². The molecule has 0 saturated heterocycles. The van der Waals surface area contributed by atoms with Crippen molar-refractivity contribution in [3.05, 3.63) is 71.9 Å². The largest absolute Gasteiger partial charge is 0.392 e. The average Bonchev–Trinajstić information content (AvgIpc) is 3.07. The fourth-order valence-corrected chi connectivity index (χ4v) is 2.91. The van der Waals surface area contributed by atoms with E-state index >= 15 is 0 Å². The molecule has 0 atom stereocenters. The van der Waals surface area contributed by atoms with Gasteiger partial charge in [-0.05, 0) is 35.1 Å². The third-order valence-corrected chi connectivity index (χ3v) is 4.27. The number of hydrogen-bond acceptors (Lipinski definition) is 2. The van der Waals surface area contributed by atoms with Crippen molar-refractivity contribution in [2.75, 3.05) is 6.54 Å². The summed E-state index contributed by atoms with van der Waals surface area (Å²) in [6.45, 7) is 1.86. The van der Waals surface area contributed by atoms with Crippen LogP contribution < -0.4 is 10.6 Å². The highest BCUT2D eigenvalue weighted by molar-refractivity contribution is 5.79. The molecule has 0 aliphatic heterocycles. The number of para-hydroxylation sites is 1. The van der Waals surface area contributed by atoms with Crippen molar-refractivity contribution in [3.8, 4) is 0 Å². The van der Waals surface area contributed by atoms with E-state index in [0.29, 0.717) is 13.1 Å². The van der Waals surface area contributed by atoms with E-state index in [9.17, 15) is 9.90 Å². The number of aromatic nitrogens is 1. The third kappa shape index (κ3) is 4.39. The van der Waals surface area contributed by atoms with Gasteiger partial charge in [-0.3, -0.25) is 0 Å². The molecule has 130 valence electrons. The number of nitrogens with zero attached hydrogens (tertiary/aromatic N) is 1. The van der Waals surface area contributed by atoms with Crippen LogP contribution in [0, 0.1) is 0 Å². The Labute approximate surface area is 147 Å². The van der Waals surface area contributed by atoms with Gasteiger partial charge in [-0.25, -0.2) is 4.79 Å². The second kappa shape index (κ2) is 8.35. The highest BCUT2D eigenvalue weighted by Crippen LogP contribution is 2.15. The first-order valence-electron chi connectivity index (χ1n) is 8.51. The SMILES string of the molecule is O=C(NCCCn1ccc2ccccc21)NCc1ccccc1CO. The predicted octanol–water partition coefficient (Wildman–Crippen LogP) is 3.02. The van der Waals surface area contributed by atoms with Crippen LogP contribution in [-0.2, 0) is 19.7 Å². The Morgan fingerprint density at radius 3 is 2.56 bits per heavy atom. The molecular weight excluding hydrogens is 314 g/mol. The normalized spacial score (nSPS) is 10.8. The number of aryl methyl sites for hydroxylation is 1. The summed E-state index contributed by atoms with van der Waals surface area (Å²) in [7, 11) is 0. The summed E-state index contributed by atoms with van der Waals surface area (Å²) in [6.07, 6.45) is 2.94. The van der Waals surface area contributed by atoms with Crippen molar-refractivity contribution < 1.29 is 9.90 Å². The molecule has 2 aromatic carbocycles. The van der Waals surface area contributed by atoms with Crippen molar-refractivity contribution in [2.24, 2.45) is 0 Å². The van der Waals surface area contributed by atoms with Crippen molar-refractivity contribution in [1.82, 2.24) is 15.2 Å². The lowest BCUT2D eigenvalue weighted by atomic mass is 10.1. The van der Waals surface area contributed by atoms with E-state index in [0.717, 1.165) is 24.1 Å². The van der Waals surface area contributed by atoms with E-state index in [4.69, 9.17) is 0 Å². The van der Waals surface area contributed by atoms with Gasteiger partial charge in [-0.15, -0.1) is 0 Å². The number of benzene rings is 2. The molecule has 0 aliphatic carbocycles. The van der Waals surface area contributed by atoms with Gasteiger partial charge < -0.3 is 20.3 Å². The van der Waals surface area contributed by atoms with E-state index in [1.165, 1.54) is 10.9 Å². The van der Waals surface area contributed by atoms with Crippen LogP contribution in [0.25, 0.3) is 10.9 Å². The molecule has 25 heavy (non-hydrogen) atoms. The van der Waals surface area contributed by atoms with Gasteiger partial charge in [0.05, 0.1) is 6.61 Å². The van der Waals surface area contributed by atoms with Crippen LogP contribution in [-0.4, -0.2) is 22.2 Å². The van der Waals surface area contributed by atoms with Crippen molar-refractivity contribution >= 4 is 16.9 Å². The van der Waals surface area contributed by atoms with E-state index in [1.807, 2.05) is 36.4 Å². The molecule has 0 bridgehead atoms. The van der Waals surface area contributed by atoms with Crippen LogP contribution in [0.15, 0.2) is 60.8 Å². The minimum absolute atomic E-state index is 0.0235. The van der Waals surface area contributed by atoms with Gasteiger partial charge in [-0.1, -0.05) is 42.5 Å². The monoisotopic (exact) mass is 337 g/mol. The highest BCUT2D eigenvalue weighted by atomic mass is 16.3. The molecule has 1 aromatic heterocycles. The number of fused-ring (bicyclic) bond motifs is 1. The molecular formula is C20H23N3O2. The number of hydrogen-bond donors (Lipinski definition) is 3. The lowest BCUT2D eigenvalue weighted by molar-refractivity contribution is 0.240. The van der Waals surface area contributed by atoms with Gasteiger partial charge in [-0.2, -0.15) is 0 Å². The zero-order valence-electron chi connectivity index (χ0n) is 14.1. The fraction of sp³-hybridized carbons (Fsp3) is 0.250. The van der Waals surface area contributed by atoms with Crippen LogP contribution >= 0.6 is 0 Å². The topological polar surface area (TPSA) is 66.3 Å². The zero-order valence-corrected chi connectivity index (χ0v) is 14.1. The van der Waals surface area contributed by atoms with Gasteiger partial charge in [0.2, 0.25) is 0 Å². The van der Waals surface area contributed by atoms with Gasteiger partial charge in [0.1, 0.15) is 0 Å². The van der Waals surface area contributed by atoms with Crippen molar-refractivity contribution in [1.29, 1.82) is 0 Å². The highest BCUT2D eigenvalue weighted by Gasteiger charge is 2.04. The first kappa shape index (κ1) is 17.0. The van der Waals surface area contributed by atoms with Crippen molar-refractivity contribution in [3.63, 3.8) is 0 Å². The molecule has 0 saturated carbocycles. The maximum Gasteiger partial charge on any atom is 0.315 e. The summed E-state index contributed by atoms with van der Waals surface area (Å²) < 4.78 is 2.20. The number of aliphatic hydroxyl groups is 1. The Morgan fingerprint density at radius 2 is 1.72 bits per heavy atom. The first-order chi connectivity index (χ1) is 12.3. The molecule has 0 spiro atoms. The summed E-state index contributed by atoms with van der Waals surface area (Å²) in [4.78, 5) is 11.9. The molecule has 5 nitrogen and oxygen atoms in total. The van der Waals surface area contributed by atoms with E-state index in [-0.39, 0.29) is 12.6 Å². The summed E-state index contributed by atoms with van der Waals surface area (Å²) in [6, 6.07) is 17.7. The summed E-state index contributed by atoms with van der Waals surface area (Å²) >= 11 is 0. The first-order valence-corrected chi connectivity index (χ1v) is 8.51. The number of aliphatic hydroxyl groups excluding tert-OH is 1. The molecule has 2 amide bonds. The number of urea groups is 1. The molecule has 1 heterocycles. The van der Waals surface area contributed by atoms with Crippen LogP contribution in [0.5, 0.6) is 0 Å². The Bertz CT molecular complexity index is 842. The molecule has 5 heteroatoms. The average molecular weight is 337 g/mol. The van der Waals surface area contributed by atoms with Crippen LogP contribution in [0.3, 0.4) is 0 Å². The van der Waals surface area contributed by atoms with Crippen LogP contribution in [0.4, 0.5) is 4.79 Å². The van der Waals surface area contributed by atoms with Gasteiger partial charge in [0, 0.05) is 31.3 Å². The predicted molar refractivity (Wildman–Crippen MR) is 99.2 cm³/mol. The Morgan fingerprint density at radius 1 is 0.960 bits per heavy atom. The summed E-state index contributed by atoms with van der Waals surface area (Å²) in [5.74, 6) is 0. The van der Waals surface area contributed by atoms with Crippen LogP contribution in [0.1, 0.15) is 17.5 Å². The Hall–Kier alpha value is -2.79.